The first-order valence-corrected chi connectivity index (χ1v) is 7.02. The van der Waals surface area contributed by atoms with Crippen molar-refractivity contribution >= 4 is 5.78 Å². The molecule has 0 aliphatic carbocycles. The SMILES string of the molecule is C.C.CC.CC.CC.CC.CC.CC(C)=O.C[N+](=O)[O-]. The van der Waals surface area contributed by atoms with E-state index in [1.807, 2.05) is 69.2 Å². The maximum atomic E-state index is 9.44. The molecule has 20 heavy (non-hydrogen) atoms. The lowest BCUT2D eigenvalue weighted by Crippen LogP contribution is -1.79. The number of carbonyl (C=O) groups excluding carboxylic acids is 1. The maximum Gasteiger partial charge on any atom is 0.194 e. The minimum atomic E-state index is -0.500. The molecule has 0 saturated carbocycles. The Balaban J connectivity index is -0.0000000103. The lowest BCUT2D eigenvalue weighted by atomic mass is 10.6. The highest BCUT2D eigenvalue weighted by atomic mass is 16.6. The lowest BCUT2D eigenvalue weighted by Gasteiger charge is -1.63. The molecule has 0 saturated heterocycles. The Kier molecular flexibility index (Phi) is 629. The van der Waals surface area contributed by atoms with Gasteiger partial charge in [-0.05, 0) is 13.8 Å². The predicted octanol–water partition coefficient (Wildman–Crippen LogP) is 6.89. The van der Waals surface area contributed by atoms with Crippen LogP contribution in [0.3, 0.4) is 0 Å². The molecule has 0 amide bonds. The molecule has 0 spiro atoms. The van der Waals surface area contributed by atoms with E-state index in [1.54, 1.807) is 0 Å². The van der Waals surface area contributed by atoms with Gasteiger partial charge >= 0.3 is 0 Å². The summed E-state index contributed by atoms with van der Waals surface area (Å²) in [6.45, 7) is 23.1. The van der Waals surface area contributed by atoms with Crippen molar-refractivity contribution in [2.75, 3.05) is 7.05 Å². The van der Waals surface area contributed by atoms with Gasteiger partial charge in [-0.1, -0.05) is 84.1 Å². The Morgan fingerprint density at radius 1 is 0.700 bits per heavy atom. The standard InChI is InChI=1S/C3H6O.5C2H6.CH3NO2.2CH4/c1-3(2)4;5*1-2;1-2(3)4;;/h1-2H3;5*1-2H3;1H3;2*1H4. The van der Waals surface area contributed by atoms with Gasteiger partial charge in [0.15, 0.2) is 7.05 Å². The molecule has 0 heterocycles. The van der Waals surface area contributed by atoms with Gasteiger partial charge < -0.3 is 4.79 Å². The van der Waals surface area contributed by atoms with E-state index in [0.29, 0.717) is 0 Å². The zero-order valence-corrected chi connectivity index (χ0v) is 15.2. The van der Waals surface area contributed by atoms with Crippen LogP contribution in [-0.4, -0.2) is 17.8 Å². The summed E-state index contributed by atoms with van der Waals surface area (Å²) in [5.74, 6) is 0.167. The summed E-state index contributed by atoms with van der Waals surface area (Å²) in [6, 6.07) is 0. The molecule has 0 atom stereocenters. The van der Waals surface area contributed by atoms with Crippen LogP contribution in [0, 0.1) is 10.1 Å². The van der Waals surface area contributed by atoms with Crippen LogP contribution in [-0.2, 0) is 4.79 Å². The fourth-order valence-corrected chi connectivity index (χ4v) is 0. The van der Waals surface area contributed by atoms with Crippen LogP contribution in [0.25, 0.3) is 0 Å². The van der Waals surface area contributed by atoms with Crippen LogP contribution in [0.1, 0.15) is 97.9 Å². The van der Waals surface area contributed by atoms with Gasteiger partial charge in [0.2, 0.25) is 0 Å². The topological polar surface area (TPSA) is 60.2 Å². The van der Waals surface area contributed by atoms with E-state index in [9.17, 15) is 4.79 Å². The third-order valence-corrected chi connectivity index (χ3v) is 0. The van der Waals surface area contributed by atoms with E-state index >= 15 is 0 Å². The van der Waals surface area contributed by atoms with Gasteiger partial charge in [0, 0.05) is 4.92 Å². The normalized spacial score (nSPS) is 4.05. The van der Waals surface area contributed by atoms with Crippen molar-refractivity contribution in [1.82, 2.24) is 0 Å². The van der Waals surface area contributed by atoms with Crippen molar-refractivity contribution in [3.05, 3.63) is 10.1 Å². The molecule has 0 aromatic carbocycles. The van der Waals surface area contributed by atoms with Gasteiger partial charge in [0.05, 0.1) is 0 Å². The summed E-state index contributed by atoms with van der Waals surface area (Å²) in [6.07, 6.45) is 0. The summed E-state index contributed by atoms with van der Waals surface area (Å²) in [7, 11) is 0.889. The summed E-state index contributed by atoms with van der Waals surface area (Å²) in [4.78, 5) is 17.8. The van der Waals surface area contributed by atoms with Crippen molar-refractivity contribution in [2.24, 2.45) is 0 Å². The van der Waals surface area contributed by atoms with Gasteiger partial charge in [-0.2, -0.15) is 0 Å². The minimum absolute atomic E-state index is 0. The zero-order valence-electron chi connectivity index (χ0n) is 15.2. The van der Waals surface area contributed by atoms with Crippen LogP contribution in [0.15, 0.2) is 0 Å². The lowest BCUT2D eigenvalue weighted by molar-refractivity contribution is -0.445. The Bertz CT molecular complexity index is 75.7. The second-order valence-electron chi connectivity index (χ2n) is 1.35. The number of hydrogen-bond donors (Lipinski definition) is 0. The van der Waals surface area contributed by atoms with Gasteiger partial charge in [0.25, 0.3) is 0 Å². The molecule has 0 aliphatic rings. The van der Waals surface area contributed by atoms with E-state index in [0.717, 1.165) is 7.05 Å². The zero-order chi connectivity index (χ0) is 17.2. The summed E-state index contributed by atoms with van der Waals surface area (Å²) < 4.78 is 0. The summed E-state index contributed by atoms with van der Waals surface area (Å²) in [5, 5.41) is 8.81. The molecule has 0 fully saturated rings. The van der Waals surface area contributed by atoms with Crippen LogP contribution < -0.4 is 0 Å². The fourth-order valence-electron chi connectivity index (χ4n) is 0. The number of Topliss-reactive ketones (excluding diaryl/α,β-unsaturated/α-hetero) is 1. The van der Waals surface area contributed by atoms with Gasteiger partial charge in [-0.15, -0.1) is 0 Å². The molecule has 0 rings (SSSR count). The monoisotopic (exact) mass is 301 g/mol. The first-order valence-electron chi connectivity index (χ1n) is 7.02. The van der Waals surface area contributed by atoms with E-state index in [4.69, 9.17) is 10.1 Å². The van der Waals surface area contributed by atoms with Crippen molar-refractivity contribution in [2.45, 2.75) is 97.9 Å². The Morgan fingerprint density at radius 2 is 0.700 bits per heavy atom. The molecule has 0 unspecified atom stereocenters. The quantitative estimate of drug-likeness (QED) is 0.361. The fraction of sp³-hybridized carbons (Fsp3) is 0.938. The predicted molar refractivity (Wildman–Crippen MR) is 99.5 cm³/mol. The highest BCUT2D eigenvalue weighted by molar-refractivity contribution is 5.72. The van der Waals surface area contributed by atoms with Crippen molar-refractivity contribution in [3.63, 3.8) is 0 Å². The minimum Gasteiger partial charge on any atom is -0.300 e. The van der Waals surface area contributed by atoms with Gasteiger partial charge in [-0.25, -0.2) is 0 Å². The van der Waals surface area contributed by atoms with Crippen molar-refractivity contribution in [3.8, 4) is 0 Å². The van der Waals surface area contributed by atoms with E-state index < -0.39 is 4.92 Å². The third-order valence-electron chi connectivity index (χ3n) is 0. The van der Waals surface area contributed by atoms with E-state index in [2.05, 4.69) is 0 Å². The molecule has 4 heteroatoms. The molecule has 134 valence electrons. The van der Waals surface area contributed by atoms with Crippen LogP contribution >= 0.6 is 0 Å². The van der Waals surface area contributed by atoms with Crippen molar-refractivity contribution < 1.29 is 9.72 Å². The van der Waals surface area contributed by atoms with Crippen LogP contribution in [0.4, 0.5) is 0 Å². The van der Waals surface area contributed by atoms with E-state index in [1.165, 1.54) is 13.8 Å². The van der Waals surface area contributed by atoms with Crippen LogP contribution in [0.5, 0.6) is 0 Å². The molecular weight excluding hydrogens is 254 g/mol. The van der Waals surface area contributed by atoms with Gasteiger partial charge in [-0.3, -0.25) is 10.1 Å². The van der Waals surface area contributed by atoms with Crippen LogP contribution in [0.2, 0.25) is 0 Å². The number of carbonyl (C=O) groups is 1. The first kappa shape index (κ1) is 61.4. The highest BCUT2D eigenvalue weighted by Crippen LogP contribution is 1.50. The Morgan fingerprint density at radius 3 is 0.700 bits per heavy atom. The first-order chi connectivity index (χ1) is 8.46. The number of hydrogen-bond acceptors (Lipinski definition) is 3. The smallest absolute Gasteiger partial charge is 0.194 e. The van der Waals surface area contributed by atoms with Crippen molar-refractivity contribution in [1.29, 1.82) is 0 Å². The number of nitro groups is 1. The van der Waals surface area contributed by atoms with Gasteiger partial charge in [0.1, 0.15) is 5.78 Å². The number of ketones is 1. The largest absolute Gasteiger partial charge is 0.300 e. The molecular formula is C16H47NO3. The van der Waals surface area contributed by atoms with E-state index in [-0.39, 0.29) is 20.6 Å². The average molecular weight is 302 g/mol. The number of nitrogens with zero attached hydrogens (tertiary/aromatic N) is 1. The molecule has 0 radical (unpaired) electrons. The highest BCUT2D eigenvalue weighted by Gasteiger charge is 1.62. The Hall–Kier alpha value is -0.930. The summed E-state index contributed by atoms with van der Waals surface area (Å²) in [5.41, 5.74) is 0. The molecule has 4 nitrogen and oxygen atoms in total. The molecule has 0 aliphatic heterocycles. The molecule has 0 aromatic heterocycles. The summed E-state index contributed by atoms with van der Waals surface area (Å²) >= 11 is 0. The second kappa shape index (κ2) is 205. The maximum absolute atomic E-state index is 9.44. The average Bonchev–Trinajstić information content (AvgIpc) is 2.39. The Labute approximate surface area is 131 Å². The molecule has 0 aromatic rings. The molecule has 0 N–H and O–H groups in total. The number of rotatable bonds is 0. The molecule has 0 bridgehead atoms. The third kappa shape index (κ3) is 5100. The second-order valence-corrected chi connectivity index (χ2v) is 1.35.